The van der Waals surface area contributed by atoms with Crippen molar-refractivity contribution in [2.75, 3.05) is 18.5 Å². The summed E-state index contributed by atoms with van der Waals surface area (Å²) in [6.45, 7) is 1.14. The fourth-order valence-electron chi connectivity index (χ4n) is 2.11. The molecule has 2 rings (SSSR count). The van der Waals surface area contributed by atoms with Gasteiger partial charge in [0.05, 0.1) is 0 Å². The molecule has 76 valence electrons. The largest absolute Gasteiger partial charge is 0.374 e. The van der Waals surface area contributed by atoms with E-state index in [0.29, 0.717) is 6.04 Å². The molecule has 1 aromatic rings. The Kier molecular flexibility index (Phi) is 2.73. The van der Waals surface area contributed by atoms with E-state index in [0.717, 1.165) is 12.5 Å². The van der Waals surface area contributed by atoms with Crippen LogP contribution >= 0.6 is 0 Å². The Balaban J connectivity index is 1.87. The lowest BCUT2D eigenvalue weighted by atomic mass is 9.80. The Hall–Kier alpha value is -1.02. The Morgan fingerprint density at radius 1 is 1.29 bits per heavy atom. The zero-order valence-corrected chi connectivity index (χ0v) is 8.69. The smallest absolute Gasteiger partial charge is 0.0363 e. The van der Waals surface area contributed by atoms with Crippen molar-refractivity contribution in [3.05, 3.63) is 30.3 Å². The quantitative estimate of drug-likeness (QED) is 0.788. The van der Waals surface area contributed by atoms with Crippen LogP contribution in [0.1, 0.15) is 12.8 Å². The SMILES string of the molecule is CN(CC1CC(N)C1)c1ccccc1. The van der Waals surface area contributed by atoms with Crippen molar-refractivity contribution >= 4 is 5.69 Å². The first-order valence-corrected chi connectivity index (χ1v) is 5.27. The Labute approximate surface area is 85.7 Å². The first-order valence-electron chi connectivity index (χ1n) is 5.27. The first kappa shape index (κ1) is 9.53. The van der Waals surface area contributed by atoms with Gasteiger partial charge in [-0.25, -0.2) is 0 Å². The summed E-state index contributed by atoms with van der Waals surface area (Å²) in [4.78, 5) is 2.32. The van der Waals surface area contributed by atoms with Crippen LogP contribution in [0.4, 0.5) is 5.69 Å². The second kappa shape index (κ2) is 4.01. The van der Waals surface area contributed by atoms with E-state index in [4.69, 9.17) is 5.73 Å². The molecule has 2 heteroatoms. The molecule has 1 fully saturated rings. The lowest BCUT2D eigenvalue weighted by Gasteiger charge is -2.36. The number of para-hydroxylation sites is 1. The molecule has 14 heavy (non-hydrogen) atoms. The third kappa shape index (κ3) is 2.07. The first-order chi connectivity index (χ1) is 6.75. The van der Waals surface area contributed by atoms with Gasteiger partial charge in [0.1, 0.15) is 0 Å². The minimum Gasteiger partial charge on any atom is -0.374 e. The van der Waals surface area contributed by atoms with E-state index in [1.807, 2.05) is 0 Å². The van der Waals surface area contributed by atoms with Crippen LogP contribution in [-0.4, -0.2) is 19.6 Å². The minimum atomic E-state index is 0.462. The van der Waals surface area contributed by atoms with Crippen molar-refractivity contribution in [2.24, 2.45) is 11.7 Å². The van der Waals surface area contributed by atoms with E-state index < -0.39 is 0 Å². The van der Waals surface area contributed by atoms with Crippen LogP contribution in [0.2, 0.25) is 0 Å². The monoisotopic (exact) mass is 190 g/mol. The number of nitrogens with zero attached hydrogens (tertiary/aromatic N) is 1. The van der Waals surface area contributed by atoms with E-state index in [2.05, 4.69) is 42.3 Å². The molecule has 2 nitrogen and oxygen atoms in total. The van der Waals surface area contributed by atoms with Crippen LogP contribution in [0.25, 0.3) is 0 Å². The van der Waals surface area contributed by atoms with E-state index in [-0.39, 0.29) is 0 Å². The number of hydrogen-bond acceptors (Lipinski definition) is 2. The molecule has 1 aliphatic rings. The maximum Gasteiger partial charge on any atom is 0.0363 e. The fourth-order valence-corrected chi connectivity index (χ4v) is 2.11. The average molecular weight is 190 g/mol. The summed E-state index contributed by atoms with van der Waals surface area (Å²) >= 11 is 0. The van der Waals surface area contributed by atoms with Gasteiger partial charge in [-0.15, -0.1) is 0 Å². The number of rotatable bonds is 3. The van der Waals surface area contributed by atoms with Gasteiger partial charge in [-0.05, 0) is 30.9 Å². The number of benzene rings is 1. The van der Waals surface area contributed by atoms with E-state index >= 15 is 0 Å². The van der Waals surface area contributed by atoms with Gasteiger partial charge in [-0.3, -0.25) is 0 Å². The summed E-state index contributed by atoms with van der Waals surface area (Å²) < 4.78 is 0. The van der Waals surface area contributed by atoms with Gasteiger partial charge in [0.15, 0.2) is 0 Å². The molecule has 2 N–H and O–H groups in total. The average Bonchev–Trinajstić information content (AvgIpc) is 2.17. The summed E-state index contributed by atoms with van der Waals surface area (Å²) in [7, 11) is 2.15. The van der Waals surface area contributed by atoms with E-state index in [1.54, 1.807) is 0 Å². The lowest BCUT2D eigenvalue weighted by molar-refractivity contribution is 0.271. The molecule has 0 saturated heterocycles. The van der Waals surface area contributed by atoms with Gasteiger partial charge in [0, 0.05) is 25.3 Å². The van der Waals surface area contributed by atoms with Gasteiger partial charge >= 0.3 is 0 Å². The van der Waals surface area contributed by atoms with Crippen molar-refractivity contribution in [3.8, 4) is 0 Å². The Bertz CT molecular complexity index is 278. The highest BCUT2D eigenvalue weighted by molar-refractivity contribution is 5.45. The number of nitrogens with two attached hydrogens (primary N) is 1. The zero-order chi connectivity index (χ0) is 9.97. The second-order valence-corrected chi connectivity index (χ2v) is 4.31. The zero-order valence-electron chi connectivity index (χ0n) is 8.69. The molecule has 0 unspecified atom stereocenters. The molecule has 0 amide bonds. The molecule has 0 aromatic heterocycles. The van der Waals surface area contributed by atoms with Crippen LogP contribution in [0.3, 0.4) is 0 Å². The van der Waals surface area contributed by atoms with Gasteiger partial charge in [0.25, 0.3) is 0 Å². The van der Waals surface area contributed by atoms with Crippen molar-refractivity contribution in [1.82, 2.24) is 0 Å². The van der Waals surface area contributed by atoms with Gasteiger partial charge in [0.2, 0.25) is 0 Å². The summed E-state index contributed by atoms with van der Waals surface area (Å²) in [5.74, 6) is 0.801. The van der Waals surface area contributed by atoms with Crippen molar-refractivity contribution in [3.63, 3.8) is 0 Å². The van der Waals surface area contributed by atoms with Crippen molar-refractivity contribution < 1.29 is 0 Å². The van der Waals surface area contributed by atoms with Gasteiger partial charge < -0.3 is 10.6 Å². The topological polar surface area (TPSA) is 29.3 Å². The predicted molar refractivity (Wildman–Crippen MR) is 60.4 cm³/mol. The molecular formula is C12H18N2. The van der Waals surface area contributed by atoms with Crippen molar-refractivity contribution in [2.45, 2.75) is 18.9 Å². The maximum atomic E-state index is 5.76. The molecule has 0 radical (unpaired) electrons. The predicted octanol–water partition coefficient (Wildman–Crippen LogP) is 1.86. The molecule has 0 heterocycles. The molecule has 0 atom stereocenters. The van der Waals surface area contributed by atoms with Crippen LogP contribution in [0, 0.1) is 5.92 Å². The van der Waals surface area contributed by atoms with Crippen LogP contribution in [-0.2, 0) is 0 Å². The van der Waals surface area contributed by atoms with Gasteiger partial charge in [-0.2, -0.15) is 0 Å². The molecular weight excluding hydrogens is 172 g/mol. The standard InChI is InChI=1S/C12H18N2/c1-14(9-10-7-11(13)8-10)12-5-3-2-4-6-12/h2-6,10-11H,7-9,13H2,1H3. The molecule has 0 bridgehead atoms. The summed E-state index contributed by atoms with van der Waals surface area (Å²) in [5.41, 5.74) is 7.06. The van der Waals surface area contributed by atoms with Crippen LogP contribution in [0.5, 0.6) is 0 Å². The van der Waals surface area contributed by atoms with E-state index in [9.17, 15) is 0 Å². The molecule has 1 aliphatic carbocycles. The van der Waals surface area contributed by atoms with Crippen LogP contribution in [0.15, 0.2) is 30.3 Å². The summed E-state index contributed by atoms with van der Waals surface area (Å²) in [5, 5.41) is 0. The van der Waals surface area contributed by atoms with Gasteiger partial charge in [-0.1, -0.05) is 18.2 Å². The highest BCUT2D eigenvalue weighted by Crippen LogP contribution is 2.27. The number of hydrogen-bond donors (Lipinski definition) is 1. The summed E-state index contributed by atoms with van der Waals surface area (Å²) in [6.07, 6.45) is 2.38. The maximum absolute atomic E-state index is 5.76. The fraction of sp³-hybridized carbons (Fsp3) is 0.500. The molecule has 0 aliphatic heterocycles. The molecule has 1 saturated carbocycles. The molecule has 0 spiro atoms. The van der Waals surface area contributed by atoms with Crippen LogP contribution < -0.4 is 10.6 Å². The van der Waals surface area contributed by atoms with Crippen molar-refractivity contribution in [1.29, 1.82) is 0 Å². The molecule has 1 aromatic carbocycles. The minimum absolute atomic E-state index is 0.462. The third-order valence-corrected chi connectivity index (χ3v) is 3.00. The Morgan fingerprint density at radius 2 is 1.93 bits per heavy atom. The Morgan fingerprint density at radius 3 is 2.50 bits per heavy atom. The summed E-state index contributed by atoms with van der Waals surface area (Å²) in [6, 6.07) is 11.0. The van der Waals surface area contributed by atoms with E-state index in [1.165, 1.54) is 18.5 Å². The lowest BCUT2D eigenvalue weighted by Crippen LogP contribution is -2.41. The highest BCUT2D eigenvalue weighted by atomic mass is 15.1. The normalized spacial score (nSPS) is 25.6. The third-order valence-electron chi connectivity index (χ3n) is 3.00. The number of anilines is 1. The second-order valence-electron chi connectivity index (χ2n) is 4.31. The highest BCUT2D eigenvalue weighted by Gasteiger charge is 2.26.